The molecule has 2 aromatic rings. The SMILES string of the molecule is Cc1cccc(C)c1OC[C@H](C)NC(=O)c1ccccc1NCC(=O)O. The number of benzene rings is 2. The van der Waals surface area contributed by atoms with Crippen LogP contribution < -0.4 is 15.4 Å². The van der Waals surface area contributed by atoms with Gasteiger partial charge >= 0.3 is 5.97 Å². The van der Waals surface area contributed by atoms with Gasteiger partial charge in [0.05, 0.1) is 11.6 Å². The normalized spacial score (nSPS) is 11.5. The Kier molecular flexibility index (Phi) is 6.60. The number of ether oxygens (including phenoxy) is 1. The summed E-state index contributed by atoms with van der Waals surface area (Å²) in [5.74, 6) is -0.441. The molecule has 6 nitrogen and oxygen atoms in total. The summed E-state index contributed by atoms with van der Waals surface area (Å²) < 4.78 is 5.87. The van der Waals surface area contributed by atoms with Crippen molar-refractivity contribution in [2.75, 3.05) is 18.5 Å². The van der Waals surface area contributed by atoms with Gasteiger partial charge in [-0.3, -0.25) is 9.59 Å². The van der Waals surface area contributed by atoms with Crippen molar-refractivity contribution in [3.05, 3.63) is 59.2 Å². The third-order valence-corrected chi connectivity index (χ3v) is 3.87. The quantitative estimate of drug-likeness (QED) is 0.677. The third-order valence-electron chi connectivity index (χ3n) is 3.87. The maximum absolute atomic E-state index is 12.5. The number of hydrogen-bond acceptors (Lipinski definition) is 4. The molecule has 0 aromatic heterocycles. The zero-order valence-corrected chi connectivity index (χ0v) is 15.2. The summed E-state index contributed by atoms with van der Waals surface area (Å²) in [6.45, 7) is 5.91. The maximum atomic E-state index is 12.5. The number of aryl methyl sites for hydroxylation is 2. The summed E-state index contributed by atoms with van der Waals surface area (Å²) in [5.41, 5.74) is 2.97. The second-order valence-corrected chi connectivity index (χ2v) is 6.20. The van der Waals surface area contributed by atoms with Crippen LogP contribution in [0.3, 0.4) is 0 Å². The van der Waals surface area contributed by atoms with Crippen LogP contribution in [0.25, 0.3) is 0 Å². The topological polar surface area (TPSA) is 87.7 Å². The van der Waals surface area contributed by atoms with Gasteiger partial charge in [-0.1, -0.05) is 30.3 Å². The van der Waals surface area contributed by atoms with Crippen LogP contribution in [0.5, 0.6) is 5.75 Å². The van der Waals surface area contributed by atoms with Crippen LogP contribution in [0.15, 0.2) is 42.5 Å². The lowest BCUT2D eigenvalue weighted by molar-refractivity contribution is -0.134. The first-order chi connectivity index (χ1) is 12.4. The van der Waals surface area contributed by atoms with E-state index in [0.29, 0.717) is 17.9 Å². The number of amides is 1. The Hall–Kier alpha value is -3.02. The molecule has 6 heteroatoms. The standard InChI is InChI=1S/C20H24N2O4/c1-13-7-6-8-14(2)19(13)26-12-15(3)22-20(25)16-9-4-5-10-17(16)21-11-18(23)24/h4-10,15,21H,11-12H2,1-3H3,(H,22,25)(H,23,24)/t15-/m0/s1. The summed E-state index contributed by atoms with van der Waals surface area (Å²) in [5, 5.41) is 14.4. The van der Waals surface area contributed by atoms with Gasteiger partial charge in [0.2, 0.25) is 0 Å². The monoisotopic (exact) mass is 356 g/mol. The van der Waals surface area contributed by atoms with Crippen molar-refractivity contribution in [2.24, 2.45) is 0 Å². The maximum Gasteiger partial charge on any atom is 0.322 e. The molecule has 0 aliphatic carbocycles. The van der Waals surface area contributed by atoms with E-state index in [1.807, 2.05) is 39.0 Å². The van der Waals surface area contributed by atoms with Crippen molar-refractivity contribution in [3.8, 4) is 5.75 Å². The second kappa shape index (κ2) is 8.89. The van der Waals surface area contributed by atoms with Crippen LogP contribution in [-0.4, -0.2) is 36.2 Å². The zero-order chi connectivity index (χ0) is 19.1. The molecule has 2 aromatic carbocycles. The number of carbonyl (C=O) groups excluding carboxylic acids is 1. The zero-order valence-electron chi connectivity index (χ0n) is 15.2. The number of carboxylic acid groups (broad SMARTS) is 1. The van der Waals surface area contributed by atoms with E-state index in [2.05, 4.69) is 10.6 Å². The minimum absolute atomic E-state index is 0.214. The van der Waals surface area contributed by atoms with Gasteiger partial charge in [-0.15, -0.1) is 0 Å². The minimum Gasteiger partial charge on any atom is -0.491 e. The molecule has 0 saturated carbocycles. The van der Waals surface area contributed by atoms with Gasteiger partial charge in [0.15, 0.2) is 0 Å². The molecular formula is C20H24N2O4. The van der Waals surface area contributed by atoms with E-state index in [0.717, 1.165) is 16.9 Å². The average Bonchev–Trinajstić information content (AvgIpc) is 2.59. The minimum atomic E-state index is -0.990. The van der Waals surface area contributed by atoms with Crippen LogP contribution in [0.4, 0.5) is 5.69 Å². The van der Waals surface area contributed by atoms with E-state index in [4.69, 9.17) is 9.84 Å². The van der Waals surface area contributed by atoms with E-state index in [-0.39, 0.29) is 18.5 Å². The van der Waals surface area contributed by atoms with Gasteiger partial charge < -0.3 is 20.5 Å². The highest BCUT2D eigenvalue weighted by Gasteiger charge is 2.15. The molecule has 26 heavy (non-hydrogen) atoms. The Morgan fingerprint density at radius 2 is 1.73 bits per heavy atom. The molecular weight excluding hydrogens is 332 g/mol. The first kappa shape index (κ1) is 19.3. The average molecular weight is 356 g/mol. The van der Waals surface area contributed by atoms with Gasteiger partial charge in [-0.05, 0) is 44.0 Å². The lowest BCUT2D eigenvalue weighted by atomic mass is 10.1. The van der Waals surface area contributed by atoms with Crippen molar-refractivity contribution in [1.29, 1.82) is 0 Å². The fraction of sp³-hybridized carbons (Fsp3) is 0.300. The number of nitrogens with one attached hydrogen (secondary N) is 2. The molecule has 0 heterocycles. The van der Waals surface area contributed by atoms with E-state index in [9.17, 15) is 9.59 Å². The highest BCUT2D eigenvalue weighted by molar-refractivity contribution is 6.00. The molecule has 0 bridgehead atoms. The predicted molar refractivity (Wildman–Crippen MR) is 101 cm³/mol. The Labute approximate surface area is 153 Å². The van der Waals surface area contributed by atoms with Crippen molar-refractivity contribution >= 4 is 17.6 Å². The van der Waals surface area contributed by atoms with Gasteiger partial charge in [0, 0.05) is 5.69 Å². The molecule has 138 valence electrons. The molecule has 0 spiro atoms. The van der Waals surface area contributed by atoms with Crippen LogP contribution in [0, 0.1) is 13.8 Å². The van der Waals surface area contributed by atoms with Crippen LogP contribution in [0.1, 0.15) is 28.4 Å². The Morgan fingerprint density at radius 3 is 2.38 bits per heavy atom. The number of anilines is 1. The van der Waals surface area contributed by atoms with Crippen LogP contribution in [0.2, 0.25) is 0 Å². The fourth-order valence-corrected chi connectivity index (χ4v) is 2.58. The first-order valence-corrected chi connectivity index (χ1v) is 8.43. The van der Waals surface area contributed by atoms with Gasteiger partial charge in [0.25, 0.3) is 5.91 Å². The van der Waals surface area contributed by atoms with Gasteiger partial charge in [0.1, 0.15) is 18.9 Å². The predicted octanol–water partition coefficient (Wildman–Crippen LogP) is 3.00. The van der Waals surface area contributed by atoms with E-state index < -0.39 is 5.97 Å². The lowest BCUT2D eigenvalue weighted by Crippen LogP contribution is -2.37. The van der Waals surface area contributed by atoms with Crippen LogP contribution >= 0.6 is 0 Å². The molecule has 2 rings (SSSR count). The molecule has 3 N–H and O–H groups in total. The molecule has 0 saturated heterocycles. The lowest BCUT2D eigenvalue weighted by Gasteiger charge is -2.18. The number of carbonyl (C=O) groups is 2. The third kappa shape index (κ3) is 5.24. The molecule has 0 fully saturated rings. The molecule has 1 amide bonds. The van der Waals surface area contributed by atoms with Crippen molar-refractivity contribution in [3.63, 3.8) is 0 Å². The number of carboxylic acids is 1. The summed E-state index contributed by atoms with van der Waals surface area (Å²) in [7, 11) is 0. The Bertz CT molecular complexity index is 769. The van der Waals surface area contributed by atoms with Crippen molar-refractivity contribution in [1.82, 2.24) is 5.32 Å². The van der Waals surface area contributed by atoms with Crippen LogP contribution in [-0.2, 0) is 4.79 Å². The second-order valence-electron chi connectivity index (χ2n) is 6.20. The highest BCUT2D eigenvalue weighted by Crippen LogP contribution is 2.22. The number of aliphatic carboxylic acids is 1. The highest BCUT2D eigenvalue weighted by atomic mass is 16.5. The van der Waals surface area contributed by atoms with E-state index >= 15 is 0 Å². The number of rotatable bonds is 8. The molecule has 1 atom stereocenters. The molecule has 0 aliphatic heterocycles. The van der Waals surface area contributed by atoms with E-state index in [1.54, 1.807) is 24.3 Å². The van der Waals surface area contributed by atoms with Gasteiger partial charge in [-0.25, -0.2) is 0 Å². The van der Waals surface area contributed by atoms with Crippen molar-refractivity contribution in [2.45, 2.75) is 26.8 Å². The summed E-state index contributed by atoms with van der Waals surface area (Å²) >= 11 is 0. The number of hydrogen-bond donors (Lipinski definition) is 3. The largest absolute Gasteiger partial charge is 0.491 e. The Balaban J connectivity index is 1.98. The van der Waals surface area contributed by atoms with E-state index in [1.165, 1.54) is 0 Å². The summed E-state index contributed by atoms with van der Waals surface area (Å²) in [6, 6.07) is 12.5. The molecule has 0 radical (unpaired) electrons. The molecule has 0 unspecified atom stereocenters. The summed E-state index contributed by atoms with van der Waals surface area (Å²) in [4.78, 5) is 23.2. The Morgan fingerprint density at radius 1 is 1.08 bits per heavy atom. The van der Waals surface area contributed by atoms with Gasteiger partial charge in [-0.2, -0.15) is 0 Å². The summed E-state index contributed by atoms with van der Waals surface area (Å²) in [6.07, 6.45) is 0. The first-order valence-electron chi connectivity index (χ1n) is 8.43. The fourth-order valence-electron chi connectivity index (χ4n) is 2.58. The smallest absolute Gasteiger partial charge is 0.322 e. The molecule has 0 aliphatic rings. The van der Waals surface area contributed by atoms with Crippen molar-refractivity contribution < 1.29 is 19.4 Å². The number of para-hydroxylation sites is 2.